The Balaban J connectivity index is 2.38. The van der Waals surface area contributed by atoms with Gasteiger partial charge in [-0.3, -0.25) is 4.79 Å². The lowest BCUT2D eigenvalue weighted by Gasteiger charge is -2.30. The van der Waals surface area contributed by atoms with Gasteiger partial charge in [0, 0.05) is 7.11 Å². The molecular formula is C12H23NO3. The zero-order valence-corrected chi connectivity index (χ0v) is 10.5. The van der Waals surface area contributed by atoms with Gasteiger partial charge < -0.3 is 15.2 Å². The lowest BCUT2D eigenvalue weighted by atomic mass is 9.92. The average molecular weight is 229 g/mol. The standard InChI is InChI=1S/C12H23NO3/c1-12(2,16-3)8-11(15)13-9-6-4-5-7-10(9)14/h9-10,14H,4-8H2,1-3H3,(H,13,15)/t9-,10-/m1/s1. The minimum absolute atomic E-state index is 0.0437. The highest BCUT2D eigenvalue weighted by molar-refractivity contribution is 5.77. The van der Waals surface area contributed by atoms with E-state index in [0.717, 1.165) is 25.7 Å². The Morgan fingerprint density at radius 3 is 2.62 bits per heavy atom. The second kappa shape index (κ2) is 5.64. The summed E-state index contributed by atoms with van der Waals surface area (Å²) < 4.78 is 5.20. The third kappa shape index (κ3) is 4.10. The average Bonchev–Trinajstić information content (AvgIpc) is 2.21. The molecule has 0 unspecified atom stereocenters. The van der Waals surface area contributed by atoms with Crippen LogP contribution in [0.2, 0.25) is 0 Å². The van der Waals surface area contributed by atoms with Crippen LogP contribution < -0.4 is 5.32 Å². The second-order valence-corrected chi connectivity index (χ2v) is 5.17. The van der Waals surface area contributed by atoms with Crippen LogP contribution in [-0.4, -0.2) is 35.9 Å². The number of aliphatic hydroxyl groups is 1. The lowest BCUT2D eigenvalue weighted by Crippen LogP contribution is -2.46. The topological polar surface area (TPSA) is 58.6 Å². The largest absolute Gasteiger partial charge is 0.391 e. The van der Waals surface area contributed by atoms with Crippen molar-refractivity contribution in [1.29, 1.82) is 0 Å². The van der Waals surface area contributed by atoms with Gasteiger partial charge in [-0.25, -0.2) is 0 Å². The Bertz CT molecular complexity index is 240. The fraction of sp³-hybridized carbons (Fsp3) is 0.917. The Morgan fingerprint density at radius 1 is 1.44 bits per heavy atom. The molecule has 0 saturated heterocycles. The SMILES string of the molecule is COC(C)(C)CC(=O)N[C@@H]1CCCC[C@H]1O. The zero-order chi connectivity index (χ0) is 12.2. The van der Waals surface area contributed by atoms with E-state index >= 15 is 0 Å². The molecule has 4 heteroatoms. The summed E-state index contributed by atoms with van der Waals surface area (Å²) in [5.41, 5.74) is -0.441. The van der Waals surface area contributed by atoms with E-state index < -0.39 is 5.60 Å². The first-order valence-corrected chi connectivity index (χ1v) is 5.97. The van der Waals surface area contributed by atoms with Gasteiger partial charge in [-0.1, -0.05) is 12.8 Å². The highest BCUT2D eigenvalue weighted by Crippen LogP contribution is 2.19. The number of carbonyl (C=O) groups is 1. The Hall–Kier alpha value is -0.610. The minimum atomic E-state index is -0.441. The van der Waals surface area contributed by atoms with Crippen LogP contribution in [0, 0.1) is 0 Å². The van der Waals surface area contributed by atoms with Crippen molar-refractivity contribution in [3.63, 3.8) is 0 Å². The molecule has 1 aliphatic carbocycles. The number of aliphatic hydroxyl groups excluding tert-OH is 1. The summed E-state index contributed by atoms with van der Waals surface area (Å²) >= 11 is 0. The molecule has 1 saturated carbocycles. The quantitative estimate of drug-likeness (QED) is 0.762. The molecule has 0 radical (unpaired) electrons. The highest BCUT2D eigenvalue weighted by Gasteiger charge is 2.27. The fourth-order valence-corrected chi connectivity index (χ4v) is 2.00. The van der Waals surface area contributed by atoms with Gasteiger partial charge in [-0.15, -0.1) is 0 Å². The summed E-state index contributed by atoms with van der Waals surface area (Å²) in [4.78, 5) is 11.7. The Labute approximate surface area is 97.4 Å². The number of carbonyl (C=O) groups excluding carboxylic acids is 1. The molecule has 0 aromatic heterocycles. The summed E-state index contributed by atoms with van der Waals surface area (Å²) in [6.07, 6.45) is 3.74. The van der Waals surface area contributed by atoms with Gasteiger partial charge >= 0.3 is 0 Å². The number of amides is 1. The Morgan fingerprint density at radius 2 is 2.06 bits per heavy atom. The predicted octanol–water partition coefficient (Wildman–Crippen LogP) is 1.22. The van der Waals surface area contributed by atoms with Crippen molar-refractivity contribution < 1.29 is 14.6 Å². The molecule has 0 aliphatic heterocycles. The molecule has 0 spiro atoms. The maximum Gasteiger partial charge on any atom is 0.223 e. The summed E-state index contributed by atoms with van der Waals surface area (Å²) in [6.45, 7) is 3.76. The smallest absolute Gasteiger partial charge is 0.223 e. The number of hydrogen-bond donors (Lipinski definition) is 2. The molecule has 0 bridgehead atoms. The molecule has 0 aromatic rings. The van der Waals surface area contributed by atoms with Crippen LogP contribution in [0.15, 0.2) is 0 Å². The van der Waals surface area contributed by atoms with E-state index in [-0.39, 0.29) is 18.1 Å². The van der Waals surface area contributed by atoms with Crippen molar-refractivity contribution in [1.82, 2.24) is 5.32 Å². The highest BCUT2D eigenvalue weighted by atomic mass is 16.5. The molecule has 1 rings (SSSR count). The molecule has 1 aliphatic rings. The van der Waals surface area contributed by atoms with E-state index in [0.29, 0.717) is 6.42 Å². The van der Waals surface area contributed by atoms with E-state index in [1.807, 2.05) is 13.8 Å². The van der Waals surface area contributed by atoms with E-state index in [1.54, 1.807) is 7.11 Å². The van der Waals surface area contributed by atoms with Gasteiger partial charge in [-0.2, -0.15) is 0 Å². The molecule has 1 fully saturated rings. The van der Waals surface area contributed by atoms with Crippen LogP contribution in [0.1, 0.15) is 46.0 Å². The lowest BCUT2D eigenvalue weighted by molar-refractivity contribution is -0.128. The van der Waals surface area contributed by atoms with Crippen molar-refractivity contribution in [2.45, 2.75) is 63.7 Å². The predicted molar refractivity (Wildman–Crippen MR) is 62.1 cm³/mol. The van der Waals surface area contributed by atoms with Gasteiger partial charge in [0.15, 0.2) is 0 Å². The van der Waals surface area contributed by atoms with Crippen LogP contribution >= 0.6 is 0 Å². The maximum absolute atomic E-state index is 11.7. The molecule has 2 atom stereocenters. The van der Waals surface area contributed by atoms with Crippen LogP contribution in [-0.2, 0) is 9.53 Å². The number of hydrogen-bond acceptors (Lipinski definition) is 3. The summed E-state index contributed by atoms with van der Waals surface area (Å²) in [7, 11) is 1.60. The van der Waals surface area contributed by atoms with E-state index in [9.17, 15) is 9.90 Å². The Kier molecular flexibility index (Phi) is 4.74. The van der Waals surface area contributed by atoms with E-state index in [4.69, 9.17) is 4.74 Å². The molecule has 1 amide bonds. The maximum atomic E-state index is 11.7. The third-order valence-electron chi connectivity index (χ3n) is 3.21. The molecule has 16 heavy (non-hydrogen) atoms. The number of nitrogens with one attached hydrogen (secondary N) is 1. The van der Waals surface area contributed by atoms with E-state index in [1.165, 1.54) is 0 Å². The van der Waals surface area contributed by atoms with Crippen LogP contribution in [0.4, 0.5) is 0 Å². The van der Waals surface area contributed by atoms with E-state index in [2.05, 4.69) is 5.32 Å². The van der Waals surface area contributed by atoms with Gasteiger partial charge in [0.2, 0.25) is 5.91 Å². The van der Waals surface area contributed by atoms with Crippen molar-refractivity contribution in [3.8, 4) is 0 Å². The van der Waals surface area contributed by atoms with Crippen LogP contribution in [0.3, 0.4) is 0 Å². The number of methoxy groups -OCH3 is 1. The molecule has 0 heterocycles. The van der Waals surface area contributed by atoms with Crippen molar-refractivity contribution >= 4 is 5.91 Å². The monoisotopic (exact) mass is 229 g/mol. The summed E-state index contributed by atoms with van der Waals surface area (Å²) in [5, 5.41) is 12.6. The summed E-state index contributed by atoms with van der Waals surface area (Å²) in [6, 6.07) is -0.0751. The van der Waals surface area contributed by atoms with Crippen molar-refractivity contribution in [3.05, 3.63) is 0 Å². The second-order valence-electron chi connectivity index (χ2n) is 5.17. The van der Waals surface area contributed by atoms with Crippen LogP contribution in [0.25, 0.3) is 0 Å². The molecule has 4 nitrogen and oxygen atoms in total. The first-order chi connectivity index (χ1) is 7.44. The molecule has 2 N–H and O–H groups in total. The molecule has 0 aromatic carbocycles. The van der Waals surface area contributed by atoms with Crippen LogP contribution in [0.5, 0.6) is 0 Å². The van der Waals surface area contributed by atoms with Gasteiger partial charge in [-0.05, 0) is 26.7 Å². The van der Waals surface area contributed by atoms with Crippen molar-refractivity contribution in [2.75, 3.05) is 7.11 Å². The molecule has 94 valence electrons. The minimum Gasteiger partial charge on any atom is -0.391 e. The third-order valence-corrected chi connectivity index (χ3v) is 3.21. The normalized spacial score (nSPS) is 26.5. The number of rotatable bonds is 4. The molecular weight excluding hydrogens is 206 g/mol. The first-order valence-electron chi connectivity index (χ1n) is 5.97. The zero-order valence-electron chi connectivity index (χ0n) is 10.5. The first kappa shape index (κ1) is 13.5. The van der Waals surface area contributed by atoms with Gasteiger partial charge in [0.1, 0.15) is 0 Å². The van der Waals surface area contributed by atoms with Crippen molar-refractivity contribution in [2.24, 2.45) is 0 Å². The van der Waals surface area contributed by atoms with Gasteiger partial charge in [0.25, 0.3) is 0 Å². The number of ether oxygens (including phenoxy) is 1. The van der Waals surface area contributed by atoms with Gasteiger partial charge in [0.05, 0.1) is 24.2 Å². The fourth-order valence-electron chi connectivity index (χ4n) is 2.00. The summed E-state index contributed by atoms with van der Waals surface area (Å²) in [5.74, 6) is -0.0437.